The number of furan rings is 1. The SMILES string of the molecule is Oc1c(C=C2C=NN=C2c2ccccc2)sc(=S)n1Cc1ccco1. The van der Waals surface area contributed by atoms with E-state index in [9.17, 15) is 5.11 Å². The van der Waals surface area contributed by atoms with Crippen LogP contribution in [0.3, 0.4) is 0 Å². The number of allylic oxidation sites excluding steroid dienone is 1. The average Bonchev–Trinajstić information content (AvgIpc) is 3.35. The molecule has 5 nitrogen and oxygen atoms in total. The van der Waals surface area contributed by atoms with E-state index in [1.54, 1.807) is 17.0 Å². The van der Waals surface area contributed by atoms with Crippen molar-refractivity contribution in [1.82, 2.24) is 4.57 Å². The Morgan fingerprint density at radius 3 is 2.80 bits per heavy atom. The van der Waals surface area contributed by atoms with E-state index in [1.807, 2.05) is 48.5 Å². The van der Waals surface area contributed by atoms with Gasteiger partial charge in [-0.25, -0.2) is 0 Å². The topological polar surface area (TPSA) is 63.0 Å². The van der Waals surface area contributed by atoms with Crippen LogP contribution >= 0.6 is 23.6 Å². The largest absolute Gasteiger partial charge is 0.493 e. The second-order valence-electron chi connectivity index (χ2n) is 5.38. The zero-order valence-electron chi connectivity index (χ0n) is 13.0. The van der Waals surface area contributed by atoms with Gasteiger partial charge in [-0.2, -0.15) is 5.10 Å². The van der Waals surface area contributed by atoms with Crippen molar-refractivity contribution in [1.29, 1.82) is 0 Å². The van der Waals surface area contributed by atoms with E-state index in [-0.39, 0.29) is 5.88 Å². The maximum Gasteiger partial charge on any atom is 0.211 e. The van der Waals surface area contributed by atoms with Crippen molar-refractivity contribution in [3.8, 4) is 5.88 Å². The van der Waals surface area contributed by atoms with Crippen molar-refractivity contribution >= 4 is 41.6 Å². The Kier molecular flexibility index (Phi) is 4.17. The molecule has 3 heterocycles. The summed E-state index contributed by atoms with van der Waals surface area (Å²) in [5, 5.41) is 18.8. The highest BCUT2D eigenvalue weighted by Gasteiger charge is 2.17. The molecule has 124 valence electrons. The van der Waals surface area contributed by atoms with Gasteiger partial charge in [0.05, 0.1) is 23.9 Å². The number of hydrogen-bond donors (Lipinski definition) is 1. The minimum atomic E-state index is 0.117. The van der Waals surface area contributed by atoms with Gasteiger partial charge in [-0.15, -0.1) is 16.4 Å². The van der Waals surface area contributed by atoms with Crippen LogP contribution in [0.1, 0.15) is 16.2 Å². The fourth-order valence-corrected chi connectivity index (χ4v) is 3.80. The van der Waals surface area contributed by atoms with Crippen LogP contribution in [0.2, 0.25) is 0 Å². The summed E-state index contributed by atoms with van der Waals surface area (Å²) in [5.74, 6) is 0.851. The Hall–Kier alpha value is -2.77. The summed E-state index contributed by atoms with van der Waals surface area (Å²) in [6, 6.07) is 13.5. The highest BCUT2D eigenvalue weighted by atomic mass is 32.1. The minimum absolute atomic E-state index is 0.117. The summed E-state index contributed by atoms with van der Waals surface area (Å²) in [6.07, 6.45) is 5.14. The fraction of sp³-hybridized carbons (Fsp3) is 0.0556. The third kappa shape index (κ3) is 3.11. The van der Waals surface area contributed by atoms with E-state index >= 15 is 0 Å². The zero-order valence-corrected chi connectivity index (χ0v) is 14.6. The Balaban J connectivity index is 1.69. The summed E-state index contributed by atoms with van der Waals surface area (Å²) in [7, 11) is 0. The molecule has 0 radical (unpaired) electrons. The lowest BCUT2D eigenvalue weighted by Crippen LogP contribution is -2.02. The molecular formula is C18H13N3O2S2. The van der Waals surface area contributed by atoms with Gasteiger partial charge in [0.1, 0.15) is 11.5 Å². The van der Waals surface area contributed by atoms with Gasteiger partial charge in [-0.1, -0.05) is 30.3 Å². The predicted octanol–water partition coefficient (Wildman–Crippen LogP) is 4.50. The second-order valence-corrected chi connectivity index (χ2v) is 7.06. The van der Waals surface area contributed by atoms with Crippen LogP contribution in [0.15, 0.2) is 68.9 Å². The van der Waals surface area contributed by atoms with Crippen LogP contribution in [0, 0.1) is 3.95 Å². The second kappa shape index (κ2) is 6.62. The predicted molar refractivity (Wildman–Crippen MR) is 102 cm³/mol. The Labute approximate surface area is 152 Å². The molecule has 0 bridgehead atoms. The first kappa shape index (κ1) is 15.7. The first-order valence-corrected chi connectivity index (χ1v) is 8.78. The lowest BCUT2D eigenvalue weighted by atomic mass is 10.0. The molecule has 0 fully saturated rings. The molecular weight excluding hydrogens is 354 g/mol. The molecule has 1 N–H and O–H groups in total. The number of benzene rings is 1. The van der Waals surface area contributed by atoms with Crippen molar-refractivity contribution in [2.45, 2.75) is 6.54 Å². The highest BCUT2D eigenvalue weighted by Crippen LogP contribution is 2.30. The van der Waals surface area contributed by atoms with Gasteiger partial charge in [0, 0.05) is 11.1 Å². The van der Waals surface area contributed by atoms with Gasteiger partial charge in [-0.3, -0.25) is 4.57 Å². The van der Waals surface area contributed by atoms with Crippen molar-refractivity contribution in [3.63, 3.8) is 0 Å². The van der Waals surface area contributed by atoms with E-state index in [1.165, 1.54) is 11.3 Å². The standard InChI is InChI=1S/C18H13N3O2S2/c22-17-15(25-18(24)21(17)11-14-7-4-8-23-14)9-13-10-19-20-16(13)12-5-2-1-3-6-12/h1-10,22H,11H2. The van der Waals surface area contributed by atoms with Gasteiger partial charge < -0.3 is 9.52 Å². The smallest absolute Gasteiger partial charge is 0.211 e. The molecule has 0 saturated heterocycles. The Bertz CT molecular complexity index is 1040. The van der Waals surface area contributed by atoms with Crippen molar-refractivity contribution in [2.24, 2.45) is 10.2 Å². The molecule has 0 unspecified atom stereocenters. The van der Waals surface area contributed by atoms with Crippen molar-refractivity contribution < 1.29 is 9.52 Å². The molecule has 0 atom stereocenters. The Morgan fingerprint density at radius 2 is 2.04 bits per heavy atom. The molecule has 2 aromatic heterocycles. The molecule has 1 aliphatic heterocycles. The number of thiazole rings is 1. The van der Waals surface area contributed by atoms with Gasteiger partial charge >= 0.3 is 0 Å². The monoisotopic (exact) mass is 367 g/mol. The highest BCUT2D eigenvalue weighted by molar-refractivity contribution is 7.73. The van der Waals surface area contributed by atoms with Gasteiger partial charge in [0.15, 0.2) is 3.95 Å². The molecule has 25 heavy (non-hydrogen) atoms. The Morgan fingerprint density at radius 1 is 1.20 bits per heavy atom. The lowest BCUT2D eigenvalue weighted by Gasteiger charge is -2.03. The zero-order chi connectivity index (χ0) is 17.2. The van der Waals surface area contributed by atoms with Crippen LogP contribution in [-0.4, -0.2) is 21.6 Å². The van der Waals surface area contributed by atoms with Crippen LogP contribution in [0.25, 0.3) is 6.08 Å². The van der Waals surface area contributed by atoms with Crippen molar-refractivity contribution in [2.75, 3.05) is 0 Å². The number of aromatic hydroxyl groups is 1. The summed E-state index contributed by atoms with van der Waals surface area (Å²) < 4.78 is 7.56. The minimum Gasteiger partial charge on any atom is -0.493 e. The number of rotatable bonds is 4. The molecule has 0 aliphatic carbocycles. The average molecular weight is 367 g/mol. The van der Waals surface area contributed by atoms with E-state index in [0.717, 1.165) is 22.6 Å². The third-order valence-electron chi connectivity index (χ3n) is 3.75. The van der Waals surface area contributed by atoms with Gasteiger partial charge in [-0.05, 0) is 30.4 Å². The summed E-state index contributed by atoms with van der Waals surface area (Å²) in [5.41, 5.74) is 2.59. The first-order valence-electron chi connectivity index (χ1n) is 7.56. The molecule has 0 saturated carbocycles. The van der Waals surface area contributed by atoms with E-state index in [4.69, 9.17) is 16.6 Å². The van der Waals surface area contributed by atoms with Gasteiger partial charge in [0.25, 0.3) is 0 Å². The number of nitrogens with zero attached hydrogens (tertiary/aromatic N) is 3. The normalized spacial score (nSPS) is 15.0. The van der Waals surface area contributed by atoms with E-state index in [2.05, 4.69) is 10.2 Å². The lowest BCUT2D eigenvalue weighted by molar-refractivity contribution is 0.407. The quantitative estimate of drug-likeness (QED) is 0.691. The summed E-state index contributed by atoms with van der Waals surface area (Å²) >= 11 is 6.72. The molecule has 3 aromatic rings. The summed E-state index contributed by atoms with van der Waals surface area (Å²) in [4.78, 5) is 0.670. The van der Waals surface area contributed by atoms with Crippen LogP contribution in [-0.2, 0) is 6.54 Å². The van der Waals surface area contributed by atoms with Gasteiger partial charge in [0.2, 0.25) is 5.88 Å². The van der Waals surface area contributed by atoms with Crippen molar-refractivity contribution in [3.05, 3.63) is 74.5 Å². The van der Waals surface area contributed by atoms with Crippen LogP contribution in [0.5, 0.6) is 5.88 Å². The number of hydrogen-bond acceptors (Lipinski definition) is 6. The number of aromatic nitrogens is 1. The molecule has 7 heteroatoms. The first-order chi connectivity index (χ1) is 12.2. The fourth-order valence-electron chi connectivity index (χ4n) is 2.54. The van der Waals surface area contributed by atoms with E-state index < -0.39 is 0 Å². The summed E-state index contributed by atoms with van der Waals surface area (Å²) in [6.45, 7) is 0.394. The third-order valence-corrected chi connectivity index (χ3v) is 5.14. The molecule has 4 rings (SSSR count). The van der Waals surface area contributed by atoms with E-state index in [0.29, 0.717) is 15.4 Å². The molecule has 0 amide bonds. The maximum absolute atomic E-state index is 10.6. The maximum atomic E-state index is 10.6. The molecule has 1 aliphatic rings. The molecule has 0 spiro atoms. The van der Waals surface area contributed by atoms with Crippen LogP contribution < -0.4 is 0 Å². The molecule has 1 aromatic carbocycles. The van der Waals surface area contributed by atoms with Crippen LogP contribution in [0.4, 0.5) is 0 Å².